The standard InChI is InChI=1S/C21H17ClN2O7/c1-30-14-6-5-10(7-11(14)9-31-13-4-2-3-12(22)8-13)15-16(20(26)27)18(23)24-19(25)17(15)21(28)29/h2-8H,9H2,1H3,(H,26,27)(H,28,29)(H3,23,24,25). The number of aromatic amines is 1. The Balaban J connectivity index is 2.16. The van der Waals surface area contributed by atoms with Crippen LogP contribution in [0.25, 0.3) is 11.1 Å². The fourth-order valence-electron chi connectivity index (χ4n) is 3.10. The van der Waals surface area contributed by atoms with E-state index in [0.717, 1.165) is 0 Å². The summed E-state index contributed by atoms with van der Waals surface area (Å²) in [6.45, 7) is 0.000831. The summed E-state index contributed by atoms with van der Waals surface area (Å²) in [6, 6.07) is 11.1. The molecule has 3 rings (SSSR count). The molecule has 160 valence electrons. The molecule has 0 aliphatic heterocycles. The zero-order valence-corrected chi connectivity index (χ0v) is 16.9. The second-order valence-corrected chi connectivity index (χ2v) is 6.81. The van der Waals surface area contributed by atoms with E-state index in [1.54, 1.807) is 24.3 Å². The van der Waals surface area contributed by atoms with Gasteiger partial charge in [0, 0.05) is 16.1 Å². The molecule has 0 unspecified atom stereocenters. The number of aromatic nitrogens is 1. The van der Waals surface area contributed by atoms with Gasteiger partial charge < -0.3 is 30.4 Å². The van der Waals surface area contributed by atoms with Gasteiger partial charge in [-0.05, 0) is 35.9 Å². The predicted octanol–water partition coefficient (Wildman–Crippen LogP) is 3.26. The van der Waals surface area contributed by atoms with Crippen LogP contribution in [-0.2, 0) is 6.61 Å². The highest BCUT2D eigenvalue weighted by molar-refractivity contribution is 6.30. The van der Waals surface area contributed by atoms with E-state index in [1.807, 2.05) is 0 Å². The van der Waals surface area contributed by atoms with E-state index in [9.17, 15) is 24.6 Å². The van der Waals surface area contributed by atoms with Crippen LogP contribution >= 0.6 is 11.6 Å². The molecule has 2 aromatic carbocycles. The number of H-pyrrole nitrogens is 1. The van der Waals surface area contributed by atoms with Crippen molar-refractivity contribution < 1.29 is 29.3 Å². The molecule has 10 heteroatoms. The number of pyridine rings is 1. The highest BCUT2D eigenvalue weighted by atomic mass is 35.5. The number of hydrogen-bond donors (Lipinski definition) is 4. The van der Waals surface area contributed by atoms with Crippen molar-refractivity contribution in [3.63, 3.8) is 0 Å². The Morgan fingerprint density at radius 1 is 1.10 bits per heavy atom. The molecule has 0 aliphatic rings. The van der Waals surface area contributed by atoms with Crippen LogP contribution in [0.2, 0.25) is 5.02 Å². The van der Waals surface area contributed by atoms with Crippen LogP contribution in [-0.4, -0.2) is 34.2 Å². The summed E-state index contributed by atoms with van der Waals surface area (Å²) in [6.07, 6.45) is 0. The first kappa shape index (κ1) is 21.7. The maximum atomic E-state index is 12.2. The van der Waals surface area contributed by atoms with E-state index in [1.165, 1.54) is 25.3 Å². The molecule has 31 heavy (non-hydrogen) atoms. The first-order chi connectivity index (χ1) is 14.7. The lowest BCUT2D eigenvalue weighted by atomic mass is 9.94. The largest absolute Gasteiger partial charge is 0.496 e. The van der Waals surface area contributed by atoms with Gasteiger partial charge in [0.1, 0.15) is 35.1 Å². The van der Waals surface area contributed by atoms with Gasteiger partial charge in [0.25, 0.3) is 5.56 Å². The minimum atomic E-state index is -1.59. The van der Waals surface area contributed by atoms with Gasteiger partial charge in [-0.15, -0.1) is 0 Å². The normalized spacial score (nSPS) is 10.5. The van der Waals surface area contributed by atoms with E-state index in [-0.39, 0.29) is 17.7 Å². The number of methoxy groups -OCH3 is 1. The van der Waals surface area contributed by atoms with Gasteiger partial charge in [0.15, 0.2) is 0 Å². The molecular weight excluding hydrogens is 428 g/mol. The third-order valence-corrected chi connectivity index (χ3v) is 4.67. The first-order valence-electron chi connectivity index (χ1n) is 8.81. The molecule has 0 amide bonds. The zero-order chi connectivity index (χ0) is 22.7. The molecular formula is C21H17ClN2O7. The molecule has 0 radical (unpaired) electrons. The summed E-state index contributed by atoms with van der Waals surface area (Å²) in [5, 5.41) is 19.6. The Morgan fingerprint density at radius 2 is 1.81 bits per heavy atom. The smallest absolute Gasteiger partial charge is 0.342 e. The van der Waals surface area contributed by atoms with Crippen LogP contribution in [0.1, 0.15) is 26.3 Å². The second kappa shape index (κ2) is 8.80. The van der Waals surface area contributed by atoms with Crippen LogP contribution in [0.4, 0.5) is 5.82 Å². The van der Waals surface area contributed by atoms with Gasteiger partial charge in [-0.2, -0.15) is 0 Å². The topological polar surface area (TPSA) is 152 Å². The highest BCUT2D eigenvalue weighted by Crippen LogP contribution is 2.33. The lowest BCUT2D eigenvalue weighted by Crippen LogP contribution is -2.24. The summed E-state index contributed by atoms with van der Waals surface area (Å²) in [5.41, 5.74) is 3.72. The van der Waals surface area contributed by atoms with Crippen LogP contribution in [0.3, 0.4) is 0 Å². The highest BCUT2D eigenvalue weighted by Gasteiger charge is 2.27. The summed E-state index contributed by atoms with van der Waals surface area (Å²) in [7, 11) is 1.44. The number of aromatic carboxylic acids is 2. The van der Waals surface area contributed by atoms with Crippen molar-refractivity contribution >= 4 is 29.4 Å². The van der Waals surface area contributed by atoms with E-state index in [0.29, 0.717) is 22.1 Å². The number of nitrogens with two attached hydrogens (primary N) is 1. The van der Waals surface area contributed by atoms with Gasteiger partial charge in [-0.1, -0.05) is 23.7 Å². The molecule has 0 saturated carbocycles. The quantitative estimate of drug-likeness (QED) is 0.433. The van der Waals surface area contributed by atoms with Crippen molar-refractivity contribution in [2.24, 2.45) is 0 Å². The zero-order valence-electron chi connectivity index (χ0n) is 16.1. The fraction of sp³-hybridized carbons (Fsp3) is 0.0952. The molecule has 1 heterocycles. The van der Waals surface area contributed by atoms with Gasteiger partial charge in [-0.3, -0.25) is 4.79 Å². The third kappa shape index (κ3) is 4.46. The Kier molecular flexibility index (Phi) is 6.17. The number of ether oxygens (including phenoxy) is 2. The van der Waals surface area contributed by atoms with E-state index >= 15 is 0 Å². The molecule has 3 aromatic rings. The lowest BCUT2D eigenvalue weighted by molar-refractivity contribution is 0.0695. The van der Waals surface area contributed by atoms with Crippen molar-refractivity contribution in [1.29, 1.82) is 0 Å². The SMILES string of the molecule is COc1ccc(-c2c(C(=O)O)c(N)[nH]c(=O)c2C(=O)O)cc1COc1cccc(Cl)c1. The molecule has 0 spiro atoms. The van der Waals surface area contributed by atoms with Gasteiger partial charge >= 0.3 is 11.9 Å². The van der Waals surface area contributed by atoms with Crippen LogP contribution < -0.4 is 20.8 Å². The van der Waals surface area contributed by atoms with Gasteiger partial charge in [0.2, 0.25) is 0 Å². The summed E-state index contributed by atoms with van der Waals surface area (Å²) in [5.74, 6) is -2.63. The van der Waals surface area contributed by atoms with Crippen molar-refractivity contribution in [3.05, 3.63) is 74.5 Å². The Labute approximate surface area is 180 Å². The summed E-state index contributed by atoms with van der Waals surface area (Å²) in [4.78, 5) is 37.8. The maximum Gasteiger partial charge on any atom is 0.342 e. The van der Waals surface area contributed by atoms with Gasteiger partial charge in [-0.25, -0.2) is 9.59 Å². The number of benzene rings is 2. The summed E-state index contributed by atoms with van der Waals surface area (Å²) >= 11 is 5.95. The average Bonchev–Trinajstić information content (AvgIpc) is 2.70. The van der Waals surface area contributed by atoms with Crippen LogP contribution in [0.5, 0.6) is 11.5 Å². The molecule has 9 nitrogen and oxygen atoms in total. The molecule has 0 atom stereocenters. The molecule has 0 aliphatic carbocycles. The molecule has 0 saturated heterocycles. The molecule has 5 N–H and O–H groups in total. The predicted molar refractivity (Wildman–Crippen MR) is 113 cm³/mol. The third-order valence-electron chi connectivity index (χ3n) is 4.43. The van der Waals surface area contributed by atoms with Crippen molar-refractivity contribution in [2.75, 3.05) is 12.8 Å². The second-order valence-electron chi connectivity index (χ2n) is 6.38. The van der Waals surface area contributed by atoms with E-state index < -0.39 is 34.4 Å². The molecule has 0 bridgehead atoms. The number of carboxylic acids is 2. The Bertz CT molecular complexity index is 1240. The number of anilines is 1. The van der Waals surface area contributed by atoms with E-state index in [4.69, 9.17) is 26.8 Å². The number of hydrogen-bond acceptors (Lipinski definition) is 6. The van der Waals surface area contributed by atoms with Crippen molar-refractivity contribution in [1.82, 2.24) is 4.98 Å². The average molecular weight is 445 g/mol. The number of nitrogens with one attached hydrogen (secondary N) is 1. The van der Waals surface area contributed by atoms with Gasteiger partial charge in [0.05, 0.1) is 7.11 Å². The van der Waals surface area contributed by atoms with E-state index in [2.05, 4.69) is 4.98 Å². The van der Waals surface area contributed by atoms with Crippen LogP contribution in [0, 0.1) is 0 Å². The number of rotatable bonds is 7. The number of carboxylic acid groups (broad SMARTS) is 2. The Hall–Kier alpha value is -3.98. The molecule has 1 aromatic heterocycles. The monoisotopic (exact) mass is 444 g/mol. The minimum absolute atomic E-state index is 0.000831. The maximum absolute atomic E-state index is 12.2. The number of nitrogen functional groups attached to an aromatic ring is 1. The Morgan fingerprint density at radius 3 is 2.42 bits per heavy atom. The lowest BCUT2D eigenvalue weighted by Gasteiger charge is -2.15. The first-order valence-corrected chi connectivity index (χ1v) is 9.18. The minimum Gasteiger partial charge on any atom is -0.496 e. The number of halogens is 1. The van der Waals surface area contributed by atoms with Crippen LogP contribution in [0.15, 0.2) is 47.3 Å². The fourth-order valence-corrected chi connectivity index (χ4v) is 3.28. The van der Waals surface area contributed by atoms with Crippen molar-refractivity contribution in [3.8, 4) is 22.6 Å². The summed E-state index contributed by atoms with van der Waals surface area (Å²) < 4.78 is 11.0. The van der Waals surface area contributed by atoms with Crippen molar-refractivity contribution in [2.45, 2.75) is 6.61 Å². The number of carbonyl (C=O) groups is 2. The molecule has 0 fully saturated rings.